The highest BCUT2D eigenvalue weighted by Crippen LogP contribution is 2.58. The van der Waals surface area contributed by atoms with Crippen LogP contribution in [0.25, 0.3) is 88.5 Å². The molecule has 0 saturated heterocycles. The standard InChI is InChI=1S/C55H34N2O/c1-4-16-35(17-5-1)51-52(56-53-47-25-13-15-27-49(47)58-54(53)57-51)46-33-32-40(42-22-10-11-23-43(42)46)36-28-30-41-37(34-36)29-31-45-44-24-12-14-26-48(44)55(50(41)45,38-18-6-2-7-19-38)39-20-8-3-9-21-39/h1-34H. The Labute approximate surface area is 335 Å². The second-order valence-corrected chi connectivity index (χ2v) is 15.2. The Morgan fingerprint density at radius 2 is 0.983 bits per heavy atom. The van der Waals surface area contributed by atoms with E-state index in [0.717, 1.165) is 49.8 Å². The monoisotopic (exact) mass is 738 g/mol. The van der Waals surface area contributed by atoms with E-state index in [4.69, 9.17) is 14.4 Å². The van der Waals surface area contributed by atoms with Crippen molar-refractivity contribution in [2.75, 3.05) is 0 Å². The van der Waals surface area contributed by atoms with Gasteiger partial charge in [0.05, 0.1) is 11.1 Å². The molecule has 270 valence electrons. The molecule has 12 rings (SSSR count). The van der Waals surface area contributed by atoms with Crippen molar-refractivity contribution in [2.45, 2.75) is 5.41 Å². The summed E-state index contributed by atoms with van der Waals surface area (Å²) in [5.41, 5.74) is 15.4. The maximum atomic E-state index is 6.24. The molecule has 0 spiro atoms. The number of hydrogen-bond acceptors (Lipinski definition) is 3. The number of furan rings is 1. The van der Waals surface area contributed by atoms with Crippen LogP contribution >= 0.6 is 0 Å². The van der Waals surface area contributed by atoms with Crippen LogP contribution in [0.3, 0.4) is 0 Å². The lowest BCUT2D eigenvalue weighted by Gasteiger charge is -2.34. The quantitative estimate of drug-likeness (QED) is 0.176. The van der Waals surface area contributed by atoms with Crippen LogP contribution in [0.5, 0.6) is 0 Å². The van der Waals surface area contributed by atoms with Crippen LogP contribution in [0.4, 0.5) is 0 Å². The fraction of sp³-hybridized carbons (Fsp3) is 0.0182. The van der Waals surface area contributed by atoms with E-state index in [-0.39, 0.29) is 0 Å². The molecular formula is C55H34N2O. The lowest BCUT2D eigenvalue weighted by molar-refractivity contribution is 0.653. The average Bonchev–Trinajstić information content (AvgIpc) is 3.82. The van der Waals surface area contributed by atoms with Crippen molar-refractivity contribution < 1.29 is 4.42 Å². The largest absolute Gasteiger partial charge is 0.436 e. The molecule has 3 nitrogen and oxygen atoms in total. The fourth-order valence-electron chi connectivity index (χ4n) is 9.71. The first-order valence-electron chi connectivity index (χ1n) is 19.8. The van der Waals surface area contributed by atoms with Gasteiger partial charge in [-0.3, -0.25) is 0 Å². The Morgan fingerprint density at radius 1 is 0.379 bits per heavy atom. The molecule has 11 aromatic rings. The van der Waals surface area contributed by atoms with Crippen LogP contribution in [0.2, 0.25) is 0 Å². The molecule has 9 aromatic carbocycles. The van der Waals surface area contributed by atoms with Gasteiger partial charge in [-0.1, -0.05) is 188 Å². The predicted molar refractivity (Wildman–Crippen MR) is 238 cm³/mol. The molecule has 0 aliphatic heterocycles. The first-order valence-corrected chi connectivity index (χ1v) is 19.8. The van der Waals surface area contributed by atoms with Crippen molar-refractivity contribution in [1.29, 1.82) is 0 Å². The lowest BCUT2D eigenvalue weighted by Crippen LogP contribution is -2.28. The van der Waals surface area contributed by atoms with Crippen LogP contribution in [-0.2, 0) is 5.41 Å². The van der Waals surface area contributed by atoms with Gasteiger partial charge in [0.15, 0.2) is 0 Å². The van der Waals surface area contributed by atoms with E-state index in [9.17, 15) is 0 Å². The average molecular weight is 739 g/mol. The van der Waals surface area contributed by atoms with Gasteiger partial charge in [0.1, 0.15) is 16.8 Å². The van der Waals surface area contributed by atoms with Crippen LogP contribution in [0.15, 0.2) is 211 Å². The van der Waals surface area contributed by atoms with E-state index in [1.807, 2.05) is 36.4 Å². The molecule has 0 N–H and O–H groups in total. The third-order valence-corrected chi connectivity index (χ3v) is 12.2. The van der Waals surface area contributed by atoms with E-state index in [1.54, 1.807) is 0 Å². The van der Waals surface area contributed by atoms with E-state index in [0.29, 0.717) is 5.71 Å². The number of hydrogen-bond donors (Lipinski definition) is 0. The van der Waals surface area contributed by atoms with Crippen molar-refractivity contribution in [1.82, 2.24) is 9.97 Å². The summed E-state index contributed by atoms with van der Waals surface area (Å²) in [6, 6.07) is 74.2. The third kappa shape index (κ3) is 4.68. The Balaban J connectivity index is 1.07. The molecule has 2 heterocycles. The van der Waals surface area contributed by atoms with Gasteiger partial charge < -0.3 is 4.42 Å². The SMILES string of the molecule is c1ccc(-c2nc3oc4ccccc4c3nc2-c2ccc(-c3ccc4c5c(ccc4c3)-c3ccccc3C5(c3ccccc3)c3ccccc3)c3ccccc23)cc1. The highest BCUT2D eigenvalue weighted by atomic mass is 16.3. The van der Waals surface area contributed by atoms with Gasteiger partial charge >= 0.3 is 0 Å². The molecule has 2 aromatic heterocycles. The second-order valence-electron chi connectivity index (χ2n) is 15.2. The Kier molecular flexibility index (Phi) is 7.14. The minimum absolute atomic E-state index is 0.470. The summed E-state index contributed by atoms with van der Waals surface area (Å²) in [7, 11) is 0. The Bertz CT molecular complexity index is 3350. The van der Waals surface area contributed by atoms with Crippen LogP contribution < -0.4 is 0 Å². The van der Waals surface area contributed by atoms with Crippen LogP contribution in [-0.4, -0.2) is 9.97 Å². The van der Waals surface area contributed by atoms with Gasteiger partial charge in [-0.25, -0.2) is 9.97 Å². The second kappa shape index (κ2) is 12.7. The summed E-state index contributed by atoms with van der Waals surface area (Å²) in [5, 5.41) is 5.71. The van der Waals surface area contributed by atoms with E-state index < -0.39 is 5.41 Å². The van der Waals surface area contributed by atoms with Gasteiger partial charge in [-0.05, 0) is 84.3 Å². The summed E-state index contributed by atoms with van der Waals surface area (Å²) >= 11 is 0. The van der Waals surface area contributed by atoms with Gasteiger partial charge in [-0.15, -0.1) is 0 Å². The van der Waals surface area contributed by atoms with Crippen LogP contribution in [0.1, 0.15) is 22.3 Å². The van der Waals surface area contributed by atoms with Crippen molar-refractivity contribution in [2.24, 2.45) is 0 Å². The minimum Gasteiger partial charge on any atom is -0.436 e. The van der Waals surface area contributed by atoms with Gasteiger partial charge in [0, 0.05) is 16.5 Å². The molecule has 1 aliphatic carbocycles. The van der Waals surface area contributed by atoms with E-state index in [2.05, 4.69) is 170 Å². The maximum absolute atomic E-state index is 6.24. The fourth-order valence-corrected chi connectivity index (χ4v) is 9.71. The number of rotatable bonds is 5. The van der Waals surface area contributed by atoms with Crippen molar-refractivity contribution in [3.8, 4) is 44.8 Å². The predicted octanol–water partition coefficient (Wildman–Crippen LogP) is 14.0. The molecule has 0 fully saturated rings. The Morgan fingerprint density at radius 3 is 1.74 bits per heavy atom. The highest BCUT2D eigenvalue weighted by molar-refractivity contribution is 6.09. The number of para-hydroxylation sites is 1. The van der Waals surface area contributed by atoms with Gasteiger partial charge in [0.2, 0.25) is 5.71 Å². The summed E-state index contributed by atoms with van der Waals surface area (Å²) in [6.45, 7) is 0. The number of fused-ring (bicyclic) bond motifs is 9. The normalized spacial score (nSPS) is 13.0. The topological polar surface area (TPSA) is 38.9 Å². The van der Waals surface area contributed by atoms with Gasteiger partial charge in [-0.2, -0.15) is 0 Å². The lowest BCUT2D eigenvalue weighted by atomic mass is 9.66. The first kappa shape index (κ1) is 32.6. The smallest absolute Gasteiger partial charge is 0.246 e. The minimum atomic E-state index is -0.470. The zero-order chi connectivity index (χ0) is 38.2. The molecule has 1 aliphatic rings. The zero-order valence-corrected chi connectivity index (χ0v) is 31.4. The molecule has 0 unspecified atom stereocenters. The number of benzene rings is 9. The molecule has 3 heteroatoms. The third-order valence-electron chi connectivity index (χ3n) is 12.2. The molecule has 0 radical (unpaired) electrons. The summed E-state index contributed by atoms with van der Waals surface area (Å²) in [6.07, 6.45) is 0. The van der Waals surface area contributed by atoms with Gasteiger partial charge in [0.25, 0.3) is 0 Å². The summed E-state index contributed by atoms with van der Waals surface area (Å²) < 4.78 is 6.24. The summed E-state index contributed by atoms with van der Waals surface area (Å²) in [4.78, 5) is 10.5. The Hall–Kier alpha value is -7.62. The van der Waals surface area contributed by atoms with Crippen molar-refractivity contribution >= 4 is 43.7 Å². The molecule has 58 heavy (non-hydrogen) atoms. The highest BCUT2D eigenvalue weighted by Gasteiger charge is 2.47. The number of aromatic nitrogens is 2. The van der Waals surface area contributed by atoms with Crippen molar-refractivity contribution in [3.63, 3.8) is 0 Å². The van der Waals surface area contributed by atoms with Crippen LogP contribution in [0, 0.1) is 0 Å². The molecule has 0 bridgehead atoms. The van der Waals surface area contributed by atoms with E-state index in [1.165, 1.54) is 55.3 Å². The maximum Gasteiger partial charge on any atom is 0.246 e. The molecule has 0 atom stereocenters. The molecule has 0 amide bonds. The number of nitrogens with zero attached hydrogens (tertiary/aromatic N) is 2. The van der Waals surface area contributed by atoms with E-state index >= 15 is 0 Å². The molecular weight excluding hydrogens is 705 g/mol. The summed E-state index contributed by atoms with van der Waals surface area (Å²) in [5.74, 6) is 0. The first-order chi connectivity index (χ1) is 28.8. The molecule has 0 saturated carbocycles. The zero-order valence-electron chi connectivity index (χ0n) is 31.4. The van der Waals surface area contributed by atoms with Crippen molar-refractivity contribution in [3.05, 3.63) is 229 Å².